The zero-order chi connectivity index (χ0) is 10.0. The van der Waals surface area contributed by atoms with Crippen molar-refractivity contribution in [1.29, 1.82) is 0 Å². The summed E-state index contributed by atoms with van der Waals surface area (Å²) in [7, 11) is 0. The van der Waals surface area contributed by atoms with E-state index in [2.05, 4.69) is 30.9 Å². The van der Waals surface area contributed by atoms with Crippen LogP contribution in [0.5, 0.6) is 0 Å². The van der Waals surface area contributed by atoms with Crippen LogP contribution in [0.15, 0.2) is 0 Å². The average molecular weight is 215 g/mol. The molecule has 2 aliphatic rings. The first kappa shape index (κ1) is 10.8. The molecule has 2 heterocycles. The molecule has 2 rings (SSSR count). The third kappa shape index (κ3) is 2.26. The molecule has 3 heteroatoms. The van der Waals surface area contributed by atoms with Crippen LogP contribution in [0.1, 0.15) is 33.1 Å². The fourth-order valence-corrected chi connectivity index (χ4v) is 3.64. The maximum atomic E-state index is 5.99. The van der Waals surface area contributed by atoms with Gasteiger partial charge >= 0.3 is 0 Å². The molecule has 3 unspecified atom stereocenters. The second-order valence-corrected chi connectivity index (χ2v) is 6.07. The van der Waals surface area contributed by atoms with Gasteiger partial charge in [-0.25, -0.2) is 0 Å². The molecule has 0 saturated carbocycles. The number of ether oxygens (including phenoxy) is 1. The Hall–Kier alpha value is 0.270. The summed E-state index contributed by atoms with van der Waals surface area (Å²) in [5.41, 5.74) is -0.0579. The van der Waals surface area contributed by atoms with Crippen molar-refractivity contribution in [2.45, 2.75) is 44.1 Å². The molecule has 82 valence electrons. The van der Waals surface area contributed by atoms with E-state index in [-0.39, 0.29) is 5.72 Å². The van der Waals surface area contributed by atoms with Crippen molar-refractivity contribution in [3.05, 3.63) is 0 Å². The van der Waals surface area contributed by atoms with Gasteiger partial charge in [-0.1, -0.05) is 13.3 Å². The van der Waals surface area contributed by atoms with Crippen LogP contribution in [0, 0.1) is 5.92 Å². The summed E-state index contributed by atoms with van der Waals surface area (Å²) in [5, 5.41) is 4.23. The number of hydrogen-bond acceptors (Lipinski definition) is 3. The van der Waals surface area contributed by atoms with Gasteiger partial charge in [-0.2, -0.15) is 11.8 Å². The van der Waals surface area contributed by atoms with Gasteiger partial charge in [0.2, 0.25) is 0 Å². The highest BCUT2D eigenvalue weighted by Crippen LogP contribution is 2.35. The Morgan fingerprint density at radius 3 is 2.86 bits per heavy atom. The Kier molecular flexibility index (Phi) is 3.40. The van der Waals surface area contributed by atoms with Gasteiger partial charge in [-0.05, 0) is 31.4 Å². The molecule has 2 aliphatic heterocycles. The minimum Gasteiger partial charge on any atom is -0.359 e. The average Bonchev–Trinajstić information content (AvgIpc) is 2.24. The van der Waals surface area contributed by atoms with E-state index in [9.17, 15) is 0 Å². The van der Waals surface area contributed by atoms with Crippen molar-refractivity contribution in [3.8, 4) is 0 Å². The molecule has 2 nitrogen and oxygen atoms in total. The third-order valence-electron chi connectivity index (χ3n) is 3.26. The lowest BCUT2D eigenvalue weighted by atomic mass is 10.0. The first-order valence-corrected chi connectivity index (χ1v) is 6.76. The monoisotopic (exact) mass is 215 g/mol. The van der Waals surface area contributed by atoms with Crippen LogP contribution in [0.3, 0.4) is 0 Å². The molecule has 2 saturated heterocycles. The van der Waals surface area contributed by atoms with E-state index in [1.54, 1.807) is 0 Å². The van der Waals surface area contributed by atoms with E-state index >= 15 is 0 Å². The van der Waals surface area contributed by atoms with Crippen LogP contribution in [-0.2, 0) is 4.74 Å². The van der Waals surface area contributed by atoms with E-state index in [1.165, 1.54) is 25.0 Å². The van der Waals surface area contributed by atoms with Crippen molar-refractivity contribution in [3.63, 3.8) is 0 Å². The SMILES string of the molecule is CC1CNC(C)(C2CCCCS2)OC1. The maximum absolute atomic E-state index is 5.99. The Morgan fingerprint density at radius 2 is 2.29 bits per heavy atom. The van der Waals surface area contributed by atoms with E-state index in [4.69, 9.17) is 4.74 Å². The van der Waals surface area contributed by atoms with Crippen LogP contribution in [0.25, 0.3) is 0 Å². The highest BCUT2D eigenvalue weighted by atomic mass is 32.2. The maximum Gasteiger partial charge on any atom is 0.128 e. The van der Waals surface area contributed by atoms with Crippen molar-refractivity contribution in [2.75, 3.05) is 18.9 Å². The second kappa shape index (κ2) is 4.42. The molecule has 0 bridgehead atoms. The van der Waals surface area contributed by atoms with Crippen LogP contribution in [0.2, 0.25) is 0 Å². The normalized spacial score (nSPS) is 45.0. The van der Waals surface area contributed by atoms with Gasteiger partial charge in [0.15, 0.2) is 0 Å². The summed E-state index contributed by atoms with van der Waals surface area (Å²) >= 11 is 2.08. The number of hydrogen-bond donors (Lipinski definition) is 1. The molecule has 0 aliphatic carbocycles. The molecule has 0 aromatic heterocycles. The van der Waals surface area contributed by atoms with Gasteiger partial charge in [0, 0.05) is 11.8 Å². The fourth-order valence-electron chi connectivity index (χ4n) is 2.18. The standard InChI is InChI=1S/C11H21NOS/c1-9-7-12-11(2,13-8-9)10-5-3-4-6-14-10/h9-10,12H,3-8H2,1-2H3. The summed E-state index contributed by atoms with van der Waals surface area (Å²) in [6.07, 6.45) is 4.06. The zero-order valence-electron chi connectivity index (χ0n) is 9.21. The van der Waals surface area contributed by atoms with Crippen molar-refractivity contribution >= 4 is 11.8 Å². The van der Waals surface area contributed by atoms with Crippen LogP contribution >= 0.6 is 11.8 Å². The molecule has 0 radical (unpaired) electrons. The van der Waals surface area contributed by atoms with E-state index < -0.39 is 0 Å². The van der Waals surface area contributed by atoms with E-state index in [1.807, 2.05) is 0 Å². The van der Waals surface area contributed by atoms with Crippen LogP contribution < -0.4 is 5.32 Å². The lowest BCUT2D eigenvalue weighted by molar-refractivity contribution is -0.102. The molecule has 3 atom stereocenters. The number of nitrogens with one attached hydrogen (secondary N) is 1. The van der Waals surface area contributed by atoms with E-state index in [0.717, 1.165) is 13.2 Å². The predicted molar refractivity (Wildman–Crippen MR) is 61.6 cm³/mol. The smallest absolute Gasteiger partial charge is 0.128 e. The van der Waals surface area contributed by atoms with Gasteiger partial charge in [0.1, 0.15) is 5.72 Å². The van der Waals surface area contributed by atoms with E-state index in [0.29, 0.717) is 11.2 Å². The lowest BCUT2D eigenvalue weighted by Gasteiger charge is -2.44. The summed E-state index contributed by atoms with van der Waals surface area (Å²) in [5.74, 6) is 1.97. The molecular formula is C11H21NOS. The van der Waals surface area contributed by atoms with Crippen LogP contribution in [0.4, 0.5) is 0 Å². The van der Waals surface area contributed by atoms with Gasteiger partial charge in [0.05, 0.1) is 6.61 Å². The Labute approximate surface area is 91.2 Å². The van der Waals surface area contributed by atoms with Crippen molar-refractivity contribution in [2.24, 2.45) is 5.92 Å². The fraction of sp³-hybridized carbons (Fsp3) is 1.00. The first-order valence-electron chi connectivity index (χ1n) is 5.71. The second-order valence-electron chi connectivity index (χ2n) is 4.76. The van der Waals surface area contributed by atoms with Gasteiger partial charge in [0.25, 0.3) is 0 Å². The summed E-state index contributed by atoms with van der Waals surface area (Å²) in [6.45, 7) is 6.48. The zero-order valence-corrected chi connectivity index (χ0v) is 10.0. The minimum absolute atomic E-state index is 0.0579. The van der Waals surface area contributed by atoms with Gasteiger partial charge in [-0.3, -0.25) is 5.32 Å². The van der Waals surface area contributed by atoms with Crippen LogP contribution in [-0.4, -0.2) is 29.9 Å². The highest BCUT2D eigenvalue weighted by Gasteiger charge is 2.38. The number of thioether (sulfide) groups is 1. The summed E-state index contributed by atoms with van der Waals surface area (Å²) in [4.78, 5) is 0. The molecule has 0 aromatic carbocycles. The predicted octanol–water partition coefficient (Wildman–Crippen LogP) is 2.24. The largest absolute Gasteiger partial charge is 0.359 e. The molecule has 2 fully saturated rings. The Bertz CT molecular complexity index is 184. The molecule has 0 amide bonds. The first-order chi connectivity index (χ1) is 6.71. The van der Waals surface area contributed by atoms with Gasteiger partial charge < -0.3 is 4.74 Å². The highest BCUT2D eigenvalue weighted by molar-refractivity contribution is 8.00. The molecule has 1 N–H and O–H groups in total. The summed E-state index contributed by atoms with van der Waals surface area (Å²) < 4.78 is 5.99. The number of rotatable bonds is 1. The topological polar surface area (TPSA) is 21.3 Å². The molecule has 14 heavy (non-hydrogen) atoms. The summed E-state index contributed by atoms with van der Waals surface area (Å²) in [6, 6.07) is 0. The molecular weight excluding hydrogens is 194 g/mol. The lowest BCUT2D eigenvalue weighted by Crippen LogP contribution is -2.58. The quantitative estimate of drug-likeness (QED) is 0.725. The molecule has 0 spiro atoms. The molecule has 0 aromatic rings. The minimum atomic E-state index is -0.0579. The Morgan fingerprint density at radius 1 is 1.43 bits per heavy atom. The third-order valence-corrected chi connectivity index (χ3v) is 4.88. The van der Waals surface area contributed by atoms with Crippen molar-refractivity contribution in [1.82, 2.24) is 5.32 Å². The Balaban J connectivity index is 1.93. The van der Waals surface area contributed by atoms with Gasteiger partial charge in [-0.15, -0.1) is 0 Å². The van der Waals surface area contributed by atoms with Crippen molar-refractivity contribution < 1.29 is 4.74 Å².